The Labute approximate surface area is 159 Å². The molecular formula is C20H26N4O3. The van der Waals surface area contributed by atoms with Crippen LogP contribution in [-0.2, 0) is 11.2 Å². The number of likely N-dealkylation sites (tertiary alicyclic amines) is 1. The second-order valence-corrected chi connectivity index (χ2v) is 7.37. The zero-order chi connectivity index (χ0) is 18.6. The molecule has 1 aromatic heterocycles. The molecule has 144 valence electrons. The quantitative estimate of drug-likeness (QED) is 0.831. The Morgan fingerprint density at radius 3 is 2.81 bits per heavy atom. The number of urea groups is 1. The van der Waals surface area contributed by atoms with E-state index in [1.54, 1.807) is 0 Å². The number of aryl methyl sites for hydroxylation is 1. The van der Waals surface area contributed by atoms with Crippen molar-refractivity contribution in [1.29, 1.82) is 0 Å². The largest absolute Gasteiger partial charge is 0.378 e. The highest BCUT2D eigenvalue weighted by atomic mass is 16.5. The Morgan fingerprint density at radius 1 is 1.19 bits per heavy atom. The van der Waals surface area contributed by atoms with Crippen LogP contribution in [0, 0.1) is 12.8 Å². The van der Waals surface area contributed by atoms with E-state index in [0.717, 1.165) is 37.1 Å². The molecule has 7 heteroatoms. The molecule has 2 aliphatic heterocycles. The molecule has 0 spiro atoms. The second kappa shape index (κ2) is 8.08. The minimum Gasteiger partial charge on any atom is -0.378 e. The van der Waals surface area contributed by atoms with E-state index in [1.165, 1.54) is 0 Å². The van der Waals surface area contributed by atoms with Crippen LogP contribution in [0.5, 0.6) is 0 Å². The molecule has 2 amide bonds. The Balaban J connectivity index is 1.38. The summed E-state index contributed by atoms with van der Waals surface area (Å²) in [6.07, 6.45) is 2.81. The number of aromatic nitrogens is 2. The van der Waals surface area contributed by atoms with Crippen LogP contribution in [0.2, 0.25) is 0 Å². The molecule has 7 nitrogen and oxygen atoms in total. The van der Waals surface area contributed by atoms with Gasteiger partial charge in [-0.15, -0.1) is 0 Å². The van der Waals surface area contributed by atoms with Crippen LogP contribution in [-0.4, -0.2) is 65.4 Å². The maximum Gasteiger partial charge on any atom is 0.320 e. The van der Waals surface area contributed by atoms with Crippen molar-refractivity contribution in [2.24, 2.45) is 5.92 Å². The van der Waals surface area contributed by atoms with Crippen molar-refractivity contribution in [2.45, 2.75) is 26.2 Å². The Bertz CT molecular complexity index is 785. The highest BCUT2D eigenvalue weighted by Gasteiger charge is 2.29. The van der Waals surface area contributed by atoms with E-state index in [1.807, 2.05) is 41.0 Å². The molecular weight excluding hydrogens is 344 g/mol. The van der Waals surface area contributed by atoms with Crippen molar-refractivity contribution in [3.63, 3.8) is 0 Å². The third-order valence-corrected chi connectivity index (χ3v) is 5.39. The summed E-state index contributed by atoms with van der Waals surface area (Å²) in [5.74, 6) is 1.65. The fourth-order valence-electron chi connectivity index (χ4n) is 3.88. The third kappa shape index (κ3) is 4.13. The topological polar surface area (TPSA) is 71.7 Å². The maximum absolute atomic E-state index is 12.7. The molecule has 0 bridgehead atoms. The lowest BCUT2D eigenvalue weighted by Gasteiger charge is -2.37. The molecule has 2 saturated heterocycles. The van der Waals surface area contributed by atoms with E-state index in [2.05, 4.69) is 10.1 Å². The average molecular weight is 370 g/mol. The smallest absolute Gasteiger partial charge is 0.320 e. The van der Waals surface area contributed by atoms with Gasteiger partial charge in [0.05, 0.1) is 13.2 Å². The fraction of sp³-hybridized carbons (Fsp3) is 0.550. The number of piperidine rings is 1. The number of ether oxygens (including phenoxy) is 1. The molecule has 0 N–H and O–H groups in total. The molecule has 2 aromatic rings. The normalized spacial score (nSPS) is 20.7. The van der Waals surface area contributed by atoms with Gasteiger partial charge in [0.2, 0.25) is 11.7 Å². The lowest BCUT2D eigenvalue weighted by atomic mass is 9.95. The predicted octanol–water partition coefficient (Wildman–Crippen LogP) is 2.75. The molecule has 2 fully saturated rings. The van der Waals surface area contributed by atoms with E-state index in [-0.39, 0.29) is 6.03 Å². The summed E-state index contributed by atoms with van der Waals surface area (Å²) in [5.41, 5.74) is 2.13. The first-order valence-corrected chi connectivity index (χ1v) is 9.71. The van der Waals surface area contributed by atoms with Crippen LogP contribution in [0.3, 0.4) is 0 Å². The first kappa shape index (κ1) is 18.0. The van der Waals surface area contributed by atoms with Crippen LogP contribution < -0.4 is 0 Å². The predicted molar refractivity (Wildman–Crippen MR) is 100 cm³/mol. The highest BCUT2D eigenvalue weighted by Crippen LogP contribution is 2.24. The molecule has 27 heavy (non-hydrogen) atoms. The molecule has 0 saturated carbocycles. The van der Waals surface area contributed by atoms with Crippen LogP contribution in [0.15, 0.2) is 28.8 Å². The lowest BCUT2D eigenvalue weighted by molar-refractivity contribution is 0.0389. The van der Waals surface area contributed by atoms with E-state index < -0.39 is 0 Å². The van der Waals surface area contributed by atoms with Gasteiger partial charge in [-0.2, -0.15) is 4.98 Å². The molecule has 0 radical (unpaired) electrons. The Kier molecular flexibility index (Phi) is 5.38. The molecule has 0 aliphatic carbocycles. The Morgan fingerprint density at radius 2 is 2.00 bits per heavy atom. The van der Waals surface area contributed by atoms with Crippen LogP contribution in [0.1, 0.15) is 24.3 Å². The highest BCUT2D eigenvalue weighted by molar-refractivity contribution is 5.74. The summed E-state index contributed by atoms with van der Waals surface area (Å²) >= 11 is 0. The first-order valence-electron chi connectivity index (χ1n) is 9.71. The van der Waals surface area contributed by atoms with Gasteiger partial charge in [0.1, 0.15) is 0 Å². The van der Waals surface area contributed by atoms with Gasteiger partial charge in [0.25, 0.3) is 0 Å². The summed E-state index contributed by atoms with van der Waals surface area (Å²) in [7, 11) is 0. The van der Waals surface area contributed by atoms with Gasteiger partial charge < -0.3 is 19.1 Å². The van der Waals surface area contributed by atoms with Crippen molar-refractivity contribution in [3.05, 3.63) is 35.7 Å². The van der Waals surface area contributed by atoms with Gasteiger partial charge in [0, 0.05) is 38.2 Å². The summed E-state index contributed by atoms with van der Waals surface area (Å²) in [5, 5.41) is 4.15. The summed E-state index contributed by atoms with van der Waals surface area (Å²) in [6.45, 7) is 6.25. The van der Waals surface area contributed by atoms with Gasteiger partial charge in [0.15, 0.2) is 0 Å². The zero-order valence-corrected chi connectivity index (χ0v) is 15.8. The fourth-order valence-corrected chi connectivity index (χ4v) is 3.88. The molecule has 3 heterocycles. The van der Waals surface area contributed by atoms with Crippen molar-refractivity contribution in [1.82, 2.24) is 19.9 Å². The van der Waals surface area contributed by atoms with E-state index >= 15 is 0 Å². The van der Waals surface area contributed by atoms with Crippen molar-refractivity contribution in [2.75, 3.05) is 39.4 Å². The third-order valence-electron chi connectivity index (χ3n) is 5.39. The summed E-state index contributed by atoms with van der Waals surface area (Å²) < 4.78 is 10.8. The van der Waals surface area contributed by atoms with E-state index in [0.29, 0.717) is 50.4 Å². The summed E-state index contributed by atoms with van der Waals surface area (Å²) in [4.78, 5) is 21.2. The van der Waals surface area contributed by atoms with Crippen molar-refractivity contribution < 1.29 is 14.1 Å². The van der Waals surface area contributed by atoms with Gasteiger partial charge >= 0.3 is 6.03 Å². The molecule has 2 aliphatic rings. The van der Waals surface area contributed by atoms with Crippen LogP contribution in [0.25, 0.3) is 11.4 Å². The SMILES string of the molecule is Cc1ccccc1-c1noc(C[C@H]2CCCN(C(=O)N3CCOCC3)C2)n1. The number of amides is 2. The van der Waals surface area contributed by atoms with Crippen LogP contribution in [0.4, 0.5) is 4.79 Å². The standard InChI is InChI=1S/C20H26N4O3/c1-15-5-2-3-7-17(15)19-21-18(27-22-19)13-16-6-4-8-24(14-16)20(25)23-9-11-26-12-10-23/h2-3,5,7,16H,4,6,8-14H2,1H3/t16-/m1/s1. The monoisotopic (exact) mass is 370 g/mol. The van der Waals surface area contributed by atoms with E-state index in [9.17, 15) is 4.79 Å². The van der Waals surface area contributed by atoms with Crippen molar-refractivity contribution >= 4 is 6.03 Å². The summed E-state index contributed by atoms with van der Waals surface area (Å²) in [6, 6.07) is 8.17. The minimum absolute atomic E-state index is 0.133. The number of morpholine rings is 1. The number of hydrogen-bond acceptors (Lipinski definition) is 5. The van der Waals surface area contributed by atoms with Gasteiger partial charge in [-0.1, -0.05) is 29.4 Å². The van der Waals surface area contributed by atoms with Gasteiger partial charge in [-0.25, -0.2) is 4.79 Å². The van der Waals surface area contributed by atoms with E-state index in [4.69, 9.17) is 9.26 Å². The number of carbonyl (C=O) groups is 1. The average Bonchev–Trinajstić information content (AvgIpc) is 3.17. The Hall–Kier alpha value is -2.41. The minimum atomic E-state index is 0.133. The molecule has 4 rings (SSSR count). The zero-order valence-electron chi connectivity index (χ0n) is 15.8. The first-order chi connectivity index (χ1) is 13.2. The lowest BCUT2D eigenvalue weighted by Crippen LogP contribution is -2.51. The number of nitrogens with zero attached hydrogens (tertiary/aromatic N) is 4. The van der Waals surface area contributed by atoms with Gasteiger partial charge in [-0.3, -0.25) is 0 Å². The van der Waals surface area contributed by atoms with Crippen LogP contribution >= 0.6 is 0 Å². The second-order valence-electron chi connectivity index (χ2n) is 7.37. The van der Waals surface area contributed by atoms with Gasteiger partial charge in [-0.05, 0) is 31.2 Å². The molecule has 1 aromatic carbocycles. The number of hydrogen-bond donors (Lipinski definition) is 0. The maximum atomic E-state index is 12.7. The number of carbonyl (C=O) groups excluding carboxylic acids is 1. The molecule has 0 unspecified atom stereocenters. The number of rotatable bonds is 3. The van der Waals surface area contributed by atoms with Crippen molar-refractivity contribution in [3.8, 4) is 11.4 Å². The number of benzene rings is 1. The molecule has 1 atom stereocenters.